The summed E-state index contributed by atoms with van der Waals surface area (Å²) in [6.07, 6.45) is -0.879. The number of nitrogen functional groups attached to an aromatic ring is 1. The number of carbonyl (C=O) groups is 2. The molecular formula is C13H17NO5. The number of benzene rings is 1. The SMILES string of the molecule is CCC(OC(=O)CCOc1cccc(N)c1)C(=O)O. The van der Waals surface area contributed by atoms with E-state index in [9.17, 15) is 9.59 Å². The maximum atomic E-state index is 11.4. The normalized spacial score (nSPS) is 11.6. The molecule has 0 radical (unpaired) electrons. The molecule has 6 heteroatoms. The Kier molecular flexibility index (Phi) is 5.66. The van der Waals surface area contributed by atoms with E-state index in [0.717, 1.165) is 0 Å². The Morgan fingerprint density at radius 1 is 1.42 bits per heavy atom. The molecular weight excluding hydrogens is 250 g/mol. The number of nitrogens with two attached hydrogens (primary N) is 1. The Hall–Kier alpha value is -2.24. The fourth-order valence-corrected chi connectivity index (χ4v) is 1.38. The number of esters is 1. The lowest BCUT2D eigenvalue weighted by Gasteiger charge is -2.11. The standard InChI is InChI=1S/C13H17NO5/c1-2-11(13(16)17)19-12(15)6-7-18-10-5-3-4-9(14)8-10/h3-5,8,11H,2,6-7,14H2,1H3,(H,16,17). The summed E-state index contributed by atoms with van der Waals surface area (Å²) in [4.78, 5) is 22.1. The molecule has 0 aromatic heterocycles. The number of ether oxygens (including phenoxy) is 2. The average molecular weight is 267 g/mol. The van der Waals surface area contributed by atoms with Crippen molar-refractivity contribution in [2.75, 3.05) is 12.3 Å². The number of carboxylic acid groups (broad SMARTS) is 1. The summed E-state index contributed by atoms with van der Waals surface area (Å²) in [6.45, 7) is 1.74. The number of carboxylic acids is 1. The first kappa shape index (κ1) is 14.8. The second-order valence-corrected chi connectivity index (χ2v) is 3.90. The number of aliphatic carboxylic acids is 1. The van der Waals surface area contributed by atoms with E-state index < -0.39 is 18.0 Å². The summed E-state index contributed by atoms with van der Waals surface area (Å²) in [5, 5.41) is 8.73. The summed E-state index contributed by atoms with van der Waals surface area (Å²) in [5.74, 6) is -1.19. The number of hydrogen-bond donors (Lipinski definition) is 2. The molecule has 1 rings (SSSR count). The van der Waals surface area contributed by atoms with Crippen molar-refractivity contribution in [2.45, 2.75) is 25.9 Å². The van der Waals surface area contributed by atoms with Crippen LogP contribution in [0, 0.1) is 0 Å². The smallest absolute Gasteiger partial charge is 0.345 e. The van der Waals surface area contributed by atoms with Crippen LogP contribution in [0.15, 0.2) is 24.3 Å². The molecule has 19 heavy (non-hydrogen) atoms. The molecule has 0 bridgehead atoms. The Labute approximate surface area is 111 Å². The third kappa shape index (κ3) is 5.29. The van der Waals surface area contributed by atoms with Crippen LogP contribution in [0.25, 0.3) is 0 Å². The van der Waals surface area contributed by atoms with Crippen LogP contribution in [-0.4, -0.2) is 29.8 Å². The van der Waals surface area contributed by atoms with E-state index in [1.807, 2.05) is 0 Å². The van der Waals surface area contributed by atoms with E-state index in [-0.39, 0.29) is 19.4 Å². The molecule has 1 aromatic rings. The van der Waals surface area contributed by atoms with Crippen LogP contribution in [0.4, 0.5) is 5.69 Å². The molecule has 0 saturated heterocycles. The summed E-state index contributed by atoms with van der Waals surface area (Å²) in [7, 11) is 0. The number of carbonyl (C=O) groups excluding carboxylic acids is 1. The number of rotatable bonds is 7. The first-order valence-electron chi connectivity index (χ1n) is 5.93. The predicted molar refractivity (Wildman–Crippen MR) is 68.8 cm³/mol. The molecule has 0 aliphatic heterocycles. The van der Waals surface area contributed by atoms with Crippen molar-refractivity contribution in [1.82, 2.24) is 0 Å². The van der Waals surface area contributed by atoms with Crippen molar-refractivity contribution in [1.29, 1.82) is 0 Å². The summed E-state index contributed by atoms with van der Waals surface area (Å²) in [5.41, 5.74) is 6.14. The minimum absolute atomic E-state index is 0.0153. The molecule has 0 aliphatic carbocycles. The van der Waals surface area contributed by atoms with Gasteiger partial charge < -0.3 is 20.3 Å². The average Bonchev–Trinajstić information content (AvgIpc) is 2.35. The van der Waals surface area contributed by atoms with Crippen molar-refractivity contribution in [2.24, 2.45) is 0 Å². The molecule has 104 valence electrons. The van der Waals surface area contributed by atoms with Gasteiger partial charge in [0.2, 0.25) is 0 Å². The summed E-state index contributed by atoms with van der Waals surface area (Å²) in [6, 6.07) is 6.81. The summed E-state index contributed by atoms with van der Waals surface area (Å²) < 4.78 is 10.1. The van der Waals surface area contributed by atoms with Crippen LogP contribution >= 0.6 is 0 Å². The zero-order valence-electron chi connectivity index (χ0n) is 10.7. The second-order valence-electron chi connectivity index (χ2n) is 3.90. The van der Waals surface area contributed by atoms with Crippen molar-refractivity contribution >= 4 is 17.6 Å². The van der Waals surface area contributed by atoms with Gasteiger partial charge in [-0.2, -0.15) is 0 Å². The number of anilines is 1. The topological polar surface area (TPSA) is 98.9 Å². The van der Waals surface area contributed by atoms with Crippen molar-refractivity contribution in [3.63, 3.8) is 0 Å². The van der Waals surface area contributed by atoms with E-state index in [1.165, 1.54) is 0 Å². The maximum absolute atomic E-state index is 11.4. The largest absolute Gasteiger partial charge is 0.493 e. The van der Waals surface area contributed by atoms with Crippen LogP contribution in [0.5, 0.6) is 5.75 Å². The minimum atomic E-state index is -1.15. The lowest BCUT2D eigenvalue weighted by molar-refractivity contribution is -0.164. The predicted octanol–water partition coefficient (Wildman–Crippen LogP) is 1.44. The van der Waals surface area contributed by atoms with Gasteiger partial charge in [0.1, 0.15) is 5.75 Å². The van der Waals surface area contributed by atoms with Crippen LogP contribution in [0.2, 0.25) is 0 Å². The highest BCUT2D eigenvalue weighted by atomic mass is 16.6. The second kappa shape index (κ2) is 7.25. The molecule has 6 nitrogen and oxygen atoms in total. The zero-order chi connectivity index (χ0) is 14.3. The van der Waals surface area contributed by atoms with E-state index >= 15 is 0 Å². The third-order valence-corrected chi connectivity index (χ3v) is 2.35. The van der Waals surface area contributed by atoms with Gasteiger partial charge in [-0.15, -0.1) is 0 Å². The monoisotopic (exact) mass is 267 g/mol. The van der Waals surface area contributed by atoms with Crippen molar-refractivity contribution in [3.8, 4) is 5.75 Å². The van der Waals surface area contributed by atoms with Gasteiger partial charge in [0, 0.05) is 11.8 Å². The quantitative estimate of drug-likeness (QED) is 0.573. The molecule has 0 saturated carbocycles. The molecule has 1 unspecified atom stereocenters. The molecule has 0 spiro atoms. The van der Waals surface area contributed by atoms with Gasteiger partial charge in [-0.1, -0.05) is 13.0 Å². The van der Waals surface area contributed by atoms with Gasteiger partial charge in [0.05, 0.1) is 13.0 Å². The van der Waals surface area contributed by atoms with Crippen molar-refractivity contribution < 1.29 is 24.2 Å². The minimum Gasteiger partial charge on any atom is -0.493 e. The van der Waals surface area contributed by atoms with E-state index in [4.69, 9.17) is 20.3 Å². The lowest BCUT2D eigenvalue weighted by atomic mass is 10.3. The highest BCUT2D eigenvalue weighted by Crippen LogP contribution is 2.14. The van der Waals surface area contributed by atoms with Gasteiger partial charge in [-0.3, -0.25) is 4.79 Å². The van der Waals surface area contributed by atoms with E-state index in [2.05, 4.69) is 0 Å². The molecule has 1 aromatic carbocycles. The molecule has 0 heterocycles. The lowest BCUT2D eigenvalue weighted by Crippen LogP contribution is -2.26. The Morgan fingerprint density at radius 3 is 2.74 bits per heavy atom. The fourth-order valence-electron chi connectivity index (χ4n) is 1.38. The van der Waals surface area contributed by atoms with Crippen LogP contribution < -0.4 is 10.5 Å². The molecule has 3 N–H and O–H groups in total. The number of hydrogen-bond acceptors (Lipinski definition) is 5. The van der Waals surface area contributed by atoms with Gasteiger partial charge in [-0.05, 0) is 18.6 Å². The van der Waals surface area contributed by atoms with Crippen LogP contribution in [0.1, 0.15) is 19.8 Å². The molecule has 0 aliphatic rings. The van der Waals surface area contributed by atoms with Crippen LogP contribution in [0.3, 0.4) is 0 Å². The van der Waals surface area contributed by atoms with Gasteiger partial charge >= 0.3 is 11.9 Å². The molecule has 1 atom stereocenters. The zero-order valence-corrected chi connectivity index (χ0v) is 10.7. The van der Waals surface area contributed by atoms with E-state index in [1.54, 1.807) is 31.2 Å². The van der Waals surface area contributed by atoms with Gasteiger partial charge in [-0.25, -0.2) is 4.79 Å². The van der Waals surface area contributed by atoms with Crippen molar-refractivity contribution in [3.05, 3.63) is 24.3 Å². The molecule has 0 amide bonds. The van der Waals surface area contributed by atoms with E-state index in [0.29, 0.717) is 11.4 Å². The Bertz CT molecular complexity index is 446. The van der Waals surface area contributed by atoms with Gasteiger partial charge in [0.15, 0.2) is 6.10 Å². The Morgan fingerprint density at radius 2 is 2.16 bits per heavy atom. The van der Waals surface area contributed by atoms with Gasteiger partial charge in [0.25, 0.3) is 0 Å². The highest BCUT2D eigenvalue weighted by molar-refractivity contribution is 5.77. The fraction of sp³-hybridized carbons (Fsp3) is 0.385. The first-order valence-corrected chi connectivity index (χ1v) is 5.93. The van der Waals surface area contributed by atoms with Crippen LogP contribution in [-0.2, 0) is 14.3 Å². The molecule has 0 fully saturated rings. The third-order valence-electron chi connectivity index (χ3n) is 2.35. The summed E-state index contributed by atoms with van der Waals surface area (Å²) >= 11 is 0. The maximum Gasteiger partial charge on any atom is 0.345 e. The first-order chi connectivity index (χ1) is 9.02. The highest BCUT2D eigenvalue weighted by Gasteiger charge is 2.19. The Balaban J connectivity index is 2.33.